The molecule has 0 aliphatic carbocycles. The van der Waals surface area contributed by atoms with Gasteiger partial charge in [-0.1, -0.05) is 12.1 Å². The zero-order valence-electron chi connectivity index (χ0n) is 11.8. The van der Waals surface area contributed by atoms with Crippen LogP contribution in [0.15, 0.2) is 42.6 Å². The van der Waals surface area contributed by atoms with Crippen molar-refractivity contribution >= 4 is 34.4 Å². The van der Waals surface area contributed by atoms with E-state index in [0.29, 0.717) is 0 Å². The number of fused-ring (bicyclic) bond motifs is 1. The third-order valence-electron chi connectivity index (χ3n) is 1.57. The number of aromatic nitrogens is 1. The third kappa shape index (κ3) is 35.1. The maximum Gasteiger partial charge on any atom is 0.210 e. The maximum absolute atomic E-state index is 8.55. The van der Waals surface area contributed by atoms with Gasteiger partial charge in [-0.15, -0.1) is 0 Å². The van der Waals surface area contributed by atoms with E-state index in [2.05, 4.69) is 23.2 Å². The summed E-state index contributed by atoms with van der Waals surface area (Å²) in [6, 6.07) is 12.3. The fourth-order valence-electron chi connectivity index (χ4n) is 1.06. The summed E-state index contributed by atoms with van der Waals surface area (Å²) in [6.45, 7) is 0. The first-order chi connectivity index (χ1) is 11.0. The van der Waals surface area contributed by atoms with Crippen molar-refractivity contribution < 1.29 is 62.7 Å². The van der Waals surface area contributed by atoms with Crippen molar-refractivity contribution in [2.24, 2.45) is 0 Å². The first kappa shape index (κ1) is 26.2. The number of hydrogen-bond acceptors (Lipinski definition) is 12. The van der Waals surface area contributed by atoms with Gasteiger partial charge in [0.1, 0.15) is 0 Å². The zero-order chi connectivity index (χ0) is 20.3. The number of rotatable bonds is 0. The van der Waals surface area contributed by atoms with Crippen LogP contribution in [-0.4, -0.2) is 0 Å². The molecular formula is C9H8NO12P3-8. The van der Waals surface area contributed by atoms with E-state index in [-0.39, 0.29) is 0 Å². The second-order valence-electron chi connectivity index (χ2n) is 3.60. The lowest BCUT2D eigenvalue weighted by molar-refractivity contribution is -0.434. The second-order valence-corrected chi connectivity index (χ2v) is 6.28. The predicted octanol–water partition coefficient (Wildman–Crippen LogP) is -6.82. The van der Waals surface area contributed by atoms with Crippen molar-refractivity contribution in [3.05, 3.63) is 42.6 Å². The Labute approximate surface area is 140 Å². The topological polar surface area (TPSA) is 273 Å². The number of nitrogens with one attached hydrogen (secondary N) is 1. The lowest BCUT2D eigenvalue weighted by Gasteiger charge is -2.36. The van der Waals surface area contributed by atoms with Gasteiger partial charge in [-0.25, -0.2) is 4.98 Å². The third-order valence-corrected chi connectivity index (χ3v) is 1.57. The van der Waals surface area contributed by atoms with Gasteiger partial charge in [0.15, 0.2) is 6.20 Å². The average molecular weight is 415 g/mol. The minimum atomic E-state index is -5.39. The Morgan fingerprint density at radius 2 is 0.920 bits per heavy atom. The molecule has 0 spiro atoms. The molecule has 0 radical (unpaired) electrons. The summed E-state index contributed by atoms with van der Waals surface area (Å²) in [5.41, 5.74) is 1.19. The molecule has 0 amide bonds. The number of phosphoric acid groups is 3. The smallest absolute Gasteiger partial charge is 0.210 e. The molecule has 0 bridgehead atoms. The van der Waals surface area contributed by atoms with Gasteiger partial charge in [-0.3, -0.25) is 0 Å². The minimum absolute atomic E-state index is 1.19. The second kappa shape index (κ2) is 11.6. The van der Waals surface area contributed by atoms with Crippen LogP contribution in [0.25, 0.3) is 10.9 Å². The van der Waals surface area contributed by atoms with Crippen LogP contribution in [0, 0.1) is 0 Å². The molecule has 13 nitrogen and oxygen atoms in total. The van der Waals surface area contributed by atoms with Crippen molar-refractivity contribution in [2.45, 2.75) is 0 Å². The van der Waals surface area contributed by atoms with E-state index in [0.717, 1.165) is 0 Å². The van der Waals surface area contributed by atoms with Gasteiger partial charge in [0.05, 0.1) is 0 Å². The summed E-state index contributed by atoms with van der Waals surface area (Å²) in [6.07, 6.45) is 1.93. The van der Waals surface area contributed by atoms with Gasteiger partial charge in [0.2, 0.25) is 5.52 Å². The highest BCUT2D eigenvalue weighted by molar-refractivity contribution is 7.40. The van der Waals surface area contributed by atoms with Gasteiger partial charge >= 0.3 is 0 Å². The molecule has 0 unspecified atom stereocenters. The normalized spacial score (nSPS) is 11.1. The molecule has 0 saturated heterocycles. The highest BCUT2D eigenvalue weighted by atomic mass is 31.2. The summed E-state index contributed by atoms with van der Waals surface area (Å²) < 4.78 is 25.6. The van der Waals surface area contributed by atoms with Crippen LogP contribution in [0.1, 0.15) is 0 Å². The molecule has 2 aromatic rings. The van der Waals surface area contributed by atoms with Gasteiger partial charge < -0.3 is 57.7 Å². The molecule has 144 valence electrons. The Hall–Kier alpha value is -1.04. The van der Waals surface area contributed by atoms with Crippen LogP contribution in [-0.2, 0) is 13.7 Å². The highest BCUT2D eigenvalue weighted by Gasteiger charge is 1.92. The van der Waals surface area contributed by atoms with Crippen LogP contribution in [0.5, 0.6) is 0 Å². The van der Waals surface area contributed by atoms with Gasteiger partial charge in [0.25, 0.3) is 0 Å². The summed E-state index contributed by atoms with van der Waals surface area (Å²) in [7, 11) is -16.2. The van der Waals surface area contributed by atoms with Crippen LogP contribution in [0.3, 0.4) is 0 Å². The number of benzene rings is 1. The van der Waals surface area contributed by atoms with E-state index >= 15 is 0 Å². The quantitative estimate of drug-likeness (QED) is 0.363. The Morgan fingerprint density at radius 3 is 1.28 bits per heavy atom. The van der Waals surface area contributed by atoms with E-state index < -0.39 is 23.5 Å². The molecule has 1 aromatic heterocycles. The molecule has 0 atom stereocenters. The van der Waals surface area contributed by atoms with Crippen LogP contribution < -0.4 is 49.0 Å². The fourth-order valence-corrected chi connectivity index (χ4v) is 1.06. The molecule has 1 N–H and O–H groups in total. The number of aromatic amines is 1. The molecular weight excluding hydrogens is 407 g/mol. The van der Waals surface area contributed by atoms with Crippen molar-refractivity contribution in [1.29, 1.82) is 0 Å². The highest BCUT2D eigenvalue weighted by Crippen LogP contribution is 2.05. The number of H-pyrrole nitrogens is 1. The Kier molecular flexibility index (Phi) is 12.1. The van der Waals surface area contributed by atoms with Gasteiger partial charge in [0, 0.05) is 17.5 Å². The number of pyridine rings is 1. The van der Waals surface area contributed by atoms with Crippen molar-refractivity contribution in [3.63, 3.8) is 0 Å². The lowest BCUT2D eigenvalue weighted by Crippen LogP contribution is -2.24. The Morgan fingerprint density at radius 1 is 0.600 bits per heavy atom. The molecule has 1 aromatic carbocycles. The van der Waals surface area contributed by atoms with Gasteiger partial charge in [-0.2, -0.15) is 23.5 Å². The lowest BCUT2D eigenvalue weighted by atomic mass is 10.2. The van der Waals surface area contributed by atoms with E-state index in [4.69, 9.17) is 57.7 Å². The number of hydrogen-bond donors (Lipinski definition) is 0. The van der Waals surface area contributed by atoms with Crippen molar-refractivity contribution in [1.82, 2.24) is 0 Å². The average Bonchev–Trinajstić information content (AvgIpc) is 2.33. The van der Waals surface area contributed by atoms with Crippen LogP contribution in [0.2, 0.25) is 0 Å². The van der Waals surface area contributed by atoms with Crippen molar-refractivity contribution in [2.75, 3.05) is 0 Å². The monoisotopic (exact) mass is 415 g/mol. The zero-order valence-corrected chi connectivity index (χ0v) is 14.5. The van der Waals surface area contributed by atoms with Crippen LogP contribution in [0.4, 0.5) is 0 Å². The van der Waals surface area contributed by atoms with E-state index in [1.54, 1.807) is 0 Å². The van der Waals surface area contributed by atoms with Crippen molar-refractivity contribution in [3.8, 4) is 0 Å². The summed E-state index contributed by atoms with van der Waals surface area (Å²) >= 11 is 0. The SMILES string of the molecule is O=P([O-])([O-])[O-].O=P([O-])([O-])[O-].O=P([O-])([O-])[O-].c1ccc2[nH+]cccc2c1. The molecule has 25 heavy (non-hydrogen) atoms. The first-order valence-electron chi connectivity index (χ1n) is 5.51. The van der Waals surface area contributed by atoms with E-state index in [9.17, 15) is 0 Å². The molecule has 1 heterocycles. The summed E-state index contributed by atoms with van der Waals surface area (Å²) in [4.78, 5) is 80.1. The maximum atomic E-state index is 8.55. The van der Waals surface area contributed by atoms with E-state index in [1.165, 1.54) is 10.9 Å². The molecule has 0 fully saturated rings. The van der Waals surface area contributed by atoms with Gasteiger partial charge in [-0.05, 0) is 12.1 Å². The number of para-hydroxylation sites is 1. The standard InChI is InChI=1S/C9H7N.3H3O4P/c1-2-6-9-8(4-1)5-3-7-10-9;3*1-5(2,3)4/h1-7H;3*(H3,1,2,3,4)/p-8. The van der Waals surface area contributed by atoms with Crippen LogP contribution >= 0.6 is 23.5 Å². The largest absolute Gasteiger partial charge is 0.822 e. The summed E-state index contributed by atoms with van der Waals surface area (Å²) in [5, 5.41) is 1.25. The molecule has 0 aliphatic rings. The Balaban J connectivity index is 0. The fraction of sp³-hybridized carbons (Fsp3) is 0. The molecule has 2 rings (SSSR count). The summed E-state index contributed by atoms with van der Waals surface area (Å²) in [5.74, 6) is 0. The molecule has 0 saturated carbocycles. The predicted molar refractivity (Wildman–Crippen MR) is 63.3 cm³/mol. The molecule has 16 heteroatoms. The molecule has 0 aliphatic heterocycles. The minimum Gasteiger partial charge on any atom is -0.822 e. The van der Waals surface area contributed by atoms with E-state index in [1.807, 2.05) is 24.4 Å². The first-order valence-corrected chi connectivity index (χ1v) is 9.89. The Bertz CT molecular complexity index is 627.